The smallest absolute Gasteiger partial charge is 0.333 e. The monoisotopic (exact) mass is 226 g/mol. The number of ether oxygens (including phenoxy) is 2. The van der Waals surface area contributed by atoms with Crippen molar-refractivity contribution in [3.63, 3.8) is 0 Å². The Morgan fingerprint density at radius 2 is 2.12 bits per heavy atom. The Kier molecular flexibility index (Phi) is 4.54. The molecule has 1 fully saturated rings. The van der Waals surface area contributed by atoms with Crippen LogP contribution in [0.25, 0.3) is 0 Å². The van der Waals surface area contributed by atoms with E-state index in [1.165, 1.54) is 7.11 Å². The first kappa shape index (κ1) is 13.2. The number of rotatable bonds is 4. The number of hydrogen-bond donors (Lipinski definition) is 0. The molecule has 16 heavy (non-hydrogen) atoms. The molecule has 0 bridgehead atoms. The highest BCUT2D eigenvalue weighted by molar-refractivity contribution is 5.89. The van der Waals surface area contributed by atoms with Gasteiger partial charge in [-0.25, -0.2) is 4.79 Å². The standard InChI is InChI=1S/C13H22O3/c1-5-13(10(2)12(14)16-4)9-7-6-8-11(13)15-3/h11H,2,5-9H2,1,3-4H3. The third-order valence-electron chi connectivity index (χ3n) is 3.90. The van der Waals surface area contributed by atoms with Crippen LogP contribution in [0.3, 0.4) is 0 Å². The zero-order valence-corrected chi connectivity index (χ0v) is 10.5. The van der Waals surface area contributed by atoms with Crippen molar-refractivity contribution < 1.29 is 14.3 Å². The van der Waals surface area contributed by atoms with Crippen molar-refractivity contribution in [3.8, 4) is 0 Å². The second-order valence-electron chi connectivity index (χ2n) is 4.45. The molecule has 0 aromatic heterocycles. The van der Waals surface area contributed by atoms with Crippen molar-refractivity contribution >= 4 is 5.97 Å². The van der Waals surface area contributed by atoms with E-state index in [2.05, 4.69) is 13.5 Å². The first-order chi connectivity index (χ1) is 7.62. The number of hydrogen-bond acceptors (Lipinski definition) is 3. The van der Waals surface area contributed by atoms with Gasteiger partial charge in [0.15, 0.2) is 0 Å². The molecule has 3 nitrogen and oxygen atoms in total. The van der Waals surface area contributed by atoms with E-state index >= 15 is 0 Å². The minimum Gasteiger partial charge on any atom is -0.466 e. The lowest BCUT2D eigenvalue weighted by atomic mass is 9.65. The van der Waals surface area contributed by atoms with E-state index < -0.39 is 0 Å². The van der Waals surface area contributed by atoms with Crippen LogP contribution < -0.4 is 0 Å². The van der Waals surface area contributed by atoms with Gasteiger partial charge >= 0.3 is 5.97 Å². The SMILES string of the molecule is C=C(C(=O)OC)C1(CC)CCCCC1OC. The van der Waals surface area contributed by atoms with Crippen LogP contribution in [0.15, 0.2) is 12.2 Å². The molecule has 0 radical (unpaired) electrons. The second-order valence-corrected chi connectivity index (χ2v) is 4.45. The number of esters is 1. The van der Waals surface area contributed by atoms with Crippen LogP contribution in [-0.4, -0.2) is 26.3 Å². The van der Waals surface area contributed by atoms with Crippen LogP contribution in [0.1, 0.15) is 39.0 Å². The summed E-state index contributed by atoms with van der Waals surface area (Å²) < 4.78 is 10.3. The maximum absolute atomic E-state index is 11.7. The quantitative estimate of drug-likeness (QED) is 0.546. The van der Waals surface area contributed by atoms with Crippen molar-refractivity contribution in [2.45, 2.75) is 45.1 Å². The van der Waals surface area contributed by atoms with Gasteiger partial charge in [-0.3, -0.25) is 0 Å². The zero-order valence-electron chi connectivity index (χ0n) is 10.5. The first-order valence-electron chi connectivity index (χ1n) is 5.93. The minimum atomic E-state index is -0.300. The number of methoxy groups -OCH3 is 2. The van der Waals surface area contributed by atoms with E-state index in [-0.39, 0.29) is 17.5 Å². The van der Waals surface area contributed by atoms with Crippen LogP contribution in [0.2, 0.25) is 0 Å². The lowest BCUT2D eigenvalue weighted by molar-refractivity contribution is -0.139. The third-order valence-corrected chi connectivity index (χ3v) is 3.90. The van der Waals surface area contributed by atoms with E-state index in [9.17, 15) is 4.79 Å². The van der Waals surface area contributed by atoms with Gasteiger partial charge in [-0.05, 0) is 19.3 Å². The highest BCUT2D eigenvalue weighted by atomic mass is 16.5. The summed E-state index contributed by atoms with van der Waals surface area (Å²) in [6.07, 6.45) is 5.23. The molecule has 0 heterocycles. The van der Waals surface area contributed by atoms with Crippen LogP contribution >= 0.6 is 0 Å². The second kappa shape index (κ2) is 5.48. The average Bonchev–Trinajstić information content (AvgIpc) is 2.36. The van der Waals surface area contributed by atoms with Gasteiger partial charge in [0, 0.05) is 18.1 Å². The predicted octanol–water partition coefficient (Wildman–Crippen LogP) is 2.70. The summed E-state index contributed by atoms with van der Waals surface area (Å²) in [6.45, 7) is 6.02. The molecule has 3 heteroatoms. The van der Waals surface area contributed by atoms with Crippen molar-refractivity contribution in [1.82, 2.24) is 0 Å². The molecule has 0 amide bonds. The Morgan fingerprint density at radius 3 is 2.62 bits per heavy atom. The molecule has 0 N–H and O–H groups in total. The van der Waals surface area contributed by atoms with E-state index in [0.29, 0.717) is 5.57 Å². The summed E-state index contributed by atoms with van der Waals surface area (Å²) >= 11 is 0. The summed E-state index contributed by atoms with van der Waals surface area (Å²) in [5.74, 6) is -0.300. The molecule has 2 atom stereocenters. The van der Waals surface area contributed by atoms with Gasteiger partial charge in [-0.2, -0.15) is 0 Å². The maximum Gasteiger partial charge on any atom is 0.333 e. The molecule has 2 unspecified atom stereocenters. The fourth-order valence-corrected chi connectivity index (χ4v) is 2.84. The van der Waals surface area contributed by atoms with E-state index in [4.69, 9.17) is 9.47 Å². The highest BCUT2D eigenvalue weighted by Crippen LogP contribution is 2.46. The fourth-order valence-electron chi connectivity index (χ4n) is 2.84. The van der Waals surface area contributed by atoms with Crippen LogP contribution in [-0.2, 0) is 14.3 Å². The molecule has 1 aliphatic rings. The molecule has 1 aliphatic carbocycles. The van der Waals surface area contributed by atoms with Gasteiger partial charge < -0.3 is 9.47 Å². The average molecular weight is 226 g/mol. The van der Waals surface area contributed by atoms with E-state index in [1.807, 2.05) is 0 Å². The third kappa shape index (κ3) is 2.14. The van der Waals surface area contributed by atoms with Gasteiger partial charge in [-0.1, -0.05) is 26.3 Å². The van der Waals surface area contributed by atoms with Gasteiger partial charge in [0.25, 0.3) is 0 Å². The molecule has 0 saturated heterocycles. The normalized spacial score (nSPS) is 29.8. The largest absolute Gasteiger partial charge is 0.466 e. The number of carbonyl (C=O) groups excluding carboxylic acids is 1. The molecule has 0 aromatic rings. The lowest BCUT2D eigenvalue weighted by Crippen LogP contribution is -2.42. The summed E-state index contributed by atoms with van der Waals surface area (Å²) in [5, 5.41) is 0. The van der Waals surface area contributed by atoms with E-state index in [1.54, 1.807) is 7.11 Å². The van der Waals surface area contributed by atoms with Gasteiger partial charge in [-0.15, -0.1) is 0 Å². The topological polar surface area (TPSA) is 35.5 Å². The van der Waals surface area contributed by atoms with Crippen LogP contribution in [0, 0.1) is 5.41 Å². The predicted molar refractivity (Wildman–Crippen MR) is 63.1 cm³/mol. The van der Waals surface area contributed by atoms with Crippen LogP contribution in [0.5, 0.6) is 0 Å². The molecule has 0 aromatic carbocycles. The van der Waals surface area contributed by atoms with Gasteiger partial charge in [0.1, 0.15) is 0 Å². The first-order valence-corrected chi connectivity index (χ1v) is 5.93. The molecule has 1 saturated carbocycles. The highest BCUT2D eigenvalue weighted by Gasteiger charge is 2.44. The zero-order chi connectivity index (χ0) is 12.2. The molecule has 92 valence electrons. The van der Waals surface area contributed by atoms with Crippen molar-refractivity contribution in [3.05, 3.63) is 12.2 Å². The molecule has 0 aliphatic heterocycles. The molecule has 1 rings (SSSR count). The van der Waals surface area contributed by atoms with Crippen molar-refractivity contribution in [1.29, 1.82) is 0 Å². The van der Waals surface area contributed by atoms with E-state index in [0.717, 1.165) is 32.1 Å². The van der Waals surface area contributed by atoms with Crippen LogP contribution in [0.4, 0.5) is 0 Å². The number of carbonyl (C=O) groups is 1. The summed E-state index contributed by atoms with van der Waals surface area (Å²) in [4.78, 5) is 11.7. The summed E-state index contributed by atoms with van der Waals surface area (Å²) in [5.41, 5.74) is 0.351. The Balaban J connectivity index is 2.97. The Bertz CT molecular complexity index is 272. The Hall–Kier alpha value is -0.830. The fraction of sp³-hybridized carbons (Fsp3) is 0.769. The van der Waals surface area contributed by atoms with Gasteiger partial charge in [0.05, 0.1) is 13.2 Å². The Morgan fingerprint density at radius 1 is 1.44 bits per heavy atom. The van der Waals surface area contributed by atoms with Crippen molar-refractivity contribution in [2.75, 3.05) is 14.2 Å². The molecular weight excluding hydrogens is 204 g/mol. The van der Waals surface area contributed by atoms with Gasteiger partial charge in [0.2, 0.25) is 0 Å². The minimum absolute atomic E-state index is 0.0952. The maximum atomic E-state index is 11.7. The lowest BCUT2D eigenvalue weighted by Gasteiger charge is -2.43. The molecular formula is C13H22O3. The summed E-state index contributed by atoms with van der Waals surface area (Å²) in [6, 6.07) is 0. The Labute approximate surface area is 97.8 Å². The van der Waals surface area contributed by atoms with Crippen molar-refractivity contribution in [2.24, 2.45) is 5.41 Å². The molecule has 0 spiro atoms. The summed E-state index contributed by atoms with van der Waals surface area (Å²) in [7, 11) is 3.12.